The van der Waals surface area contributed by atoms with Crippen LogP contribution in [0.3, 0.4) is 0 Å². The van der Waals surface area contributed by atoms with Crippen LogP contribution in [0.25, 0.3) is 10.8 Å². The second-order valence-corrected chi connectivity index (χ2v) is 11.9. The molecular weight excluding hydrogens is 732 g/mol. The number of hydrogen-bond donors (Lipinski definition) is 3. The zero-order chi connectivity index (χ0) is 35.3. The van der Waals surface area contributed by atoms with Crippen molar-refractivity contribution < 1.29 is 107 Å². The molecule has 5 aromatic carbocycles. The van der Waals surface area contributed by atoms with Crippen molar-refractivity contribution in [3.63, 3.8) is 0 Å². The van der Waals surface area contributed by atoms with Crippen molar-refractivity contribution in [3.05, 3.63) is 94.5 Å². The predicted molar refractivity (Wildman–Crippen MR) is 168 cm³/mol. The first-order valence-electron chi connectivity index (χ1n) is 13.4. The topological polar surface area (TPSA) is 277 Å². The first-order chi connectivity index (χ1) is 23.3. The summed E-state index contributed by atoms with van der Waals surface area (Å²) in [5.41, 5.74) is 0.207. The Bertz CT molecular complexity index is 2280. The van der Waals surface area contributed by atoms with Gasteiger partial charge < -0.3 is 25.1 Å². The molecule has 51 heavy (non-hydrogen) atoms. The maximum atomic E-state index is 12.0. The minimum atomic E-state index is -5.11. The zero-order valence-corrected chi connectivity index (χ0v) is 32.2. The van der Waals surface area contributed by atoms with Crippen LogP contribution in [0.2, 0.25) is 0 Å². The summed E-state index contributed by atoms with van der Waals surface area (Å²) in [6.45, 7) is 1.89. The number of fused-ring (bicyclic) bond motifs is 1. The quantitative estimate of drug-likeness (QED) is 0.0330. The molecule has 5 aromatic rings. The summed E-state index contributed by atoms with van der Waals surface area (Å²) in [6.07, 6.45) is 0. The van der Waals surface area contributed by atoms with E-state index in [9.17, 15) is 43.7 Å². The van der Waals surface area contributed by atoms with E-state index in [1.807, 2.05) is 6.92 Å². The maximum absolute atomic E-state index is 12.0. The van der Waals surface area contributed by atoms with Crippen LogP contribution in [0.5, 0.6) is 17.2 Å². The number of phenolic OH excluding ortho intramolecular Hbond substituents is 3. The van der Waals surface area contributed by atoms with Crippen molar-refractivity contribution >= 4 is 72.7 Å². The van der Waals surface area contributed by atoms with Gasteiger partial charge in [0, 0.05) is 24.3 Å². The fraction of sp³-hybridized carbons (Fsp3) is 0.0345. The number of azo groups is 3. The monoisotopic (exact) mass is 751 g/mol. The van der Waals surface area contributed by atoms with Gasteiger partial charge in [-0.15, -0.1) is 20.5 Å². The van der Waals surface area contributed by atoms with Crippen LogP contribution in [0.15, 0.2) is 119 Å². The van der Waals surface area contributed by atoms with Crippen LogP contribution < -0.4 is 64.4 Å². The molecule has 0 radical (unpaired) electrons. The molecule has 0 heterocycles. The van der Waals surface area contributed by atoms with Crippen molar-refractivity contribution in [1.82, 2.24) is 0 Å². The second-order valence-electron chi connectivity index (χ2n) is 9.82. The number of rotatable bonds is 11. The Hall–Kier alpha value is -3.90. The molecule has 0 amide bonds. The molecule has 0 aromatic heterocycles. The minimum Gasteiger partial charge on any atom is -0.744 e. The molecule has 3 N–H and O–H groups in total. The fourth-order valence-electron chi connectivity index (χ4n) is 4.17. The van der Waals surface area contributed by atoms with Crippen LogP contribution in [0.4, 0.5) is 39.8 Å². The van der Waals surface area contributed by atoms with Crippen LogP contribution in [0.1, 0.15) is 5.56 Å². The first kappa shape index (κ1) is 41.5. The number of nitro groups is 1. The van der Waals surface area contributed by atoms with Crippen molar-refractivity contribution in [2.24, 2.45) is 30.7 Å². The molecular formula is C29H19N7Na2O11S2. The van der Waals surface area contributed by atoms with E-state index in [0.717, 1.165) is 42.0 Å². The Morgan fingerprint density at radius 3 is 1.86 bits per heavy atom. The van der Waals surface area contributed by atoms with Gasteiger partial charge in [-0.25, -0.2) is 8.42 Å². The molecule has 0 aliphatic heterocycles. The van der Waals surface area contributed by atoms with Gasteiger partial charge in [0.2, 0.25) is 0 Å². The standard InChI is InChI=1S/C29H21N7O11S2.2Na/c1-15-2-4-17(5-3-15)30-32-21-13-22(25(38)14-24(21)37)33-34-23-12-20(49(43,44)45)10-16-11-26(48-47-46-42)28(29(39)27(16)23)35-31-18-6-8-19(9-7-18)36(40)41;;/h2-14,37-39,42H,1H3,(H,43,44,45);;/q;2*+1/p-2. The van der Waals surface area contributed by atoms with E-state index in [2.05, 4.69) is 40.1 Å². The molecule has 22 heteroatoms. The molecule has 0 fully saturated rings. The molecule has 0 bridgehead atoms. The smallest absolute Gasteiger partial charge is 0.744 e. The van der Waals surface area contributed by atoms with Crippen molar-refractivity contribution in [2.75, 3.05) is 0 Å². The number of nitro benzene ring substituents is 1. The van der Waals surface area contributed by atoms with Crippen molar-refractivity contribution in [2.45, 2.75) is 16.7 Å². The summed E-state index contributed by atoms with van der Waals surface area (Å²) in [5, 5.41) is 80.5. The van der Waals surface area contributed by atoms with Gasteiger partial charge in [-0.2, -0.15) is 14.6 Å². The summed E-state index contributed by atoms with van der Waals surface area (Å²) < 4.78 is 40.5. The third-order valence-electron chi connectivity index (χ3n) is 6.51. The van der Waals surface area contributed by atoms with E-state index in [1.54, 1.807) is 24.3 Å². The van der Waals surface area contributed by atoms with E-state index in [4.69, 9.17) is 0 Å². The summed E-state index contributed by atoms with van der Waals surface area (Å²) >= 11 is 0.260. The van der Waals surface area contributed by atoms with E-state index < -0.39 is 42.9 Å². The summed E-state index contributed by atoms with van der Waals surface area (Å²) in [7, 11) is -5.11. The van der Waals surface area contributed by atoms with E-state index in [1.165, 1.54) is 18.2 Å². The van der Waals surface area contributed by atoms with Gasteiger partial charge in [0.05, 0.1) is 49.2 Å². The predicted octanol–water partition coefficient (Wildman–Crippen LogP) is 1.56. The molecule has 0 saturated carbocycles. The minimum absolute atomic E-state index is 0. The van der Waals surface area contributed by atoms with Gasteiger partial charge in [-0.3, -0.25) is 15.2 Å². The normalized spacial score (nSPS) is 11.7. The average Bonchev–Trinajstić information content (AvgIpc) is 3.06. The SMILES string of the molecule is Cc1ccc(N=Nc2cc(N=Nc3cc(S(=O)(=O)[O-])cc4cc(SOO[O-])c(N=Nc5ccc([N+](=O)[O-])cc5)c(O)c34)c(O)cc2O)cc1.[Na+].[Na+]. The molecule has 0 unspecified atom stereocenters. The van der Waals surface area contributed by atoms with E-state index in [-0.39, 0.29) is 115 Å². The molecule has 0 aliphatic rings. The largest absolute Gasteiger partial charge is 1.00 e. The first-order valence-corrected chi connectivity index (χ1v) is 15.5. The number of aromatic hydroxyl groups is 3. The Morgan fingerprint density at radius 1 is 0.745 bits per heavy atom. The number of nitrogens with zero attached hydrogens (tertiary/aromatic N) is 7. The number of phenols is 3. The van der Waals surface area contributed by atoms with Crippen LogP contribution in [-0.2, 0) is 19.5 Å². The summed E-state index contributed by atoms with van der Waals surface area (Å²) in [6, 6.07) is 16.8. The van der Waals surface area contributed by atoms with Gasteiger partial charge in [-0.1, -0.05) is 17.7 Å². The van der Waals surface area contributed by atoms with E-state index in [0.29, 0.717) is 5.69 Å². The van der Waals surface area contributed by atoms with Crippen molar-refractivity contribution in [3.8, 4) is 17.2 Å². The molecule has 5 rings (SSSR count). The average molecular weight is 752 g/mol. The maximum Gasteiger partial charge on any atom is 1.00 e. The third-order valence-corrected chi connectivity index (χ3v) is 7.94. The zero-order valence-electron chi connectivity index (χ0n) is 26.6. The second kappa shape index (κ2) is 18.0. The van der Waals surface area contributed by atoms with Gasteiger partial charge in [0.1, 0.15) is 38.7 Å². The molecule has 0 spiro atoms. The molecule has 0 aliphatic carbocycles. The molecule has 18 nitrogen and oxygen atoms in total. The number of benzene rings is 5. The van der Waals surface area contributed by atoms with Crippen LogP contribution >= 0.6 is 12.0 Å². The Kier molecular flexibility index (Phi) is 14.7. The molecule has 0 saturated heterocycles. The third kappa shape index (κ3) is 10.3. The van der Waals surface area contributed by atoms with Gasteiger partial charge in [0.15, 0.2) is 5.75 Å². The summed E-state index contributed by atoms with van der Waals surface area (Å²) in [5.74, 6) is -1.72. The van der Waals surface area contributed by atoms with Gasteiger partial charge >= 0.3 is 59.1 Å². The Labute approximate surface area is 336 Å². The van der Waals surface area contributed by atoms with Gasteiger partial charge in [0.25, 0.3) is 5.69 Å². The summed E-state index contributed by atoms with van der Waals surface area (Å²) in [4.78, 5) is 9.42. The molecule has 0 atom stereocenters. The Morgan fingerprint density at radius 2 is 1.29 bits per heavy atom. The Balaban J connectivity index is 0.00000351. The van der Waals surface area contributed by atoms with Crippen molar-refractivity contribution in [1.29, 1.82) is 0 Å². The molecule has 250 valence electrons. The number of aryl methyl sites for hydroxylation is 1. The van der Waals surface area contributed by atoms with Gasteiger partial charge in [-0.05, 0) is 54.8 Å². The van der Waals surface area contributed by atoms with E-state index >= 15 is 0 Å². The number of non-ortho nitro benzene ring substituents is 1. The number of hydrogen-bond acceptors (Lipinski definition) is 18. The van der Waals surface area contributed by atoms with Crippen LogP contribution in [0, 0.1) is 17.0 Å². The fourth-order valence-corrected chi connectivity index (χ4v) is 5.19. The van der Waals surface area contributed by atoms with Crippen LogP contribution in [-0.4, -0.2) is 33.2 Å².